The van der Waals surface area contributed by atoms with Gasteiger partial charge in [-0.25, -0.2) is 0 Å². The molecule has 0 radical (unpaired) electrons. The zero-order valence-electron chi connectivity index (χ0n) is 10.8. The van der Waals surface area contributed by atoms with Crippen molar-refractivity contribution < 1.29 is 4.74 Å². The topological polar surface area (TPSA) is 38.5 Å². The maximum Gasteiger partial charge on any atom is 0.0526 e. The number of rotatable bonds is 2. The fourth-order valence-electron chi connectivity index (χ4n) is 3.09. The number of hydrogen-bond donors (Lipinski definition) is 1. The van der Waals surface area contributed by atoms with E-state index in [-0.39, 0.29) is 0 Å². The molecule has 18 heavy (non-hydrogen) atoms. The first-order chi connectivity index (χ1) is 8.84. The second kappa shape index (κ2) is 5.29. The Morgan fingerprint density at radius 3 is 3.11 bits per heavy atom. The number of fused-ring (bicyclic) bond motifs is 1. The lowest BCUT2D eigenvalue weighted by Crippen LogP contribution is -2.46. The van der Waals surface area contributed by atoms with Gasteiger partial charge in [-0.05, 0) is 30.9 Å². The van der Waals surface area contributed by atoms with Gasteiger partial charge in [-0.2, -0.15) is 0 Å². The van der Waals surface area contributed by atoms with Crippen LogP contribution in [0.5, 0.6) is 0 Å². The molecule has 2 N–H and O–H groups in total. The quantitative estimate of drug-likeness (QED) is 0.865. The normalized spacial score (nSPS) is 27.9. The number of anilines is 1. The Hall–Kier alpha value is -1.06. The van der Waals surface area contributed by atoms with Gasteiger partial charge in [0, 0.05) is 37.3 Å². The van der Waals surface area contributed by atoms with E-state index in [0.717, 1.165) is 32.7 Å². The van der Waals surface area contributed by atoms with Crippen LogP contribution in [0.4, 0.5) is 5.69 Å². The second-order valence-corrected chi connectivity index (χ2v) is 5.47. The average molecular weight is 246 g/mol. The smallest absolute Gasteiger partial charge is 0.0526 e. The van der Waals surface area contributed by atoms with Gasteiger partial charge in [0.05, 0.1) is 6.61 Å². The van der Waals surface area contributed by atoms with Crippen LogP contribution in [0.25, 0.3) is 0 Å². The third-order valence-electron chi connectivity index (χ3n) is 4.19. The van der Waals surface area contributed by atoms with Crippen LogP contribution in [0.2, 0.25) is 0 Å². The average Bonchev–Trinajstić information content (AvgIpc) is 2.42. The lowest BCUT2D eigenvalue weighted by Gasteiger charge is -2.37. The van der Waals surface area contributed by atoms with Crippen molar-refractivity contribution in [2.24, 2.45) is 11.7 Å². The fraction of sp³-hybridized carbons (Fsp3) is 0.600. The lowest BCUT2D eigenvalue weighted by molar-refractivity contribution is 0.0445. The predicted molar refractivity (Wildman–Crippen MR) is 73.9 cm³/mol. The van der Waals surface area contributed by atoms with E-state index in [9.17, 15) is 0 Å². The zero-order valence-corrected chi connectivity index (χ0v) is 10.8. The molecule has 0 amide bonds. The molecule has 1 aromatic carbocycles. The van der Waals surface area contributed by atoms with Crippen molar-refractivity contribution in [3.63, 3.8) is 0 Å². The molecule has 3 nitrogen and oxygen atoms in total. The summed E-state index contributed by atoms with van der Waals surface area (Å²) in [4.78, 5) is 2.50. The van der Waals surface area contributed by atoms with Gasteiger partial charge in [-0.3, -0.25) is 0 Å². The van der Waals surface area contributed by atoms with Crippen LogP contribution < -0.4 is 10.6 Å². The van der Waals surface area contributed by atoms with Crippen LogP contribution in [-0.2, 0) is 11.2 Å². The van der Waals surface area contributed by atoms with Gasteiger partial charge in [-0.15, -0.1) is 0 Å². The van der Waals surface area contributed by atoms with E-state index < -0.39 is 0 Å². The minimum absolute atomic E-state index is 0.299. The number of hydrogen-bond acceptors (Lipinski definition) is 3. The zero-order chi connectivity index (χ0) is 12.4. The van der Waals surface area contributed by atoms with E-state index in [1.54, 1.807) is 0 Å². The highest BCUT2D eigenvalue weighted by atomic mass is 16.5. The van der Waals surface area contributed by atoms with Crippen molar-refractivity contribution in [2.75, 3.05) is 31.2 Å². The molecule has 0 saturated carbocycles. The van der Waals surface area contributed by atoms with E-state index in [0.29, 0.717) is 12.0 Å². The van der Waals surface area contributed by atoms with Crippen LogP contribution in [-0.4, -0.2) is 32.3 Å². The molecule has 0 aromatic heterocycles. The largest absolute Gasteiger partial charge is 0.381 e. The Kier molecular flexibility index (Phi) is 3.52. The Bertz CT molecular complexity index is 407. The number of ether oxygens (including phenoxy) is 1. The van der Waals surface area contributed by atoms with Gasteiger partial charge in [0.25, 0.3) is 0 Å². The van der Waals surface area contributed by atoms with Crippen molar-refractivity contribution in [1.29, 1.82) is 0 Å². The van der Waals surface area contributed by atoms with Crippen molar-refractivity contribution in [1.82, 2.24) is 0 Å². The van der Waals surface area contributed by atoms with E-state index >= 15 is 0 Å². The highest BCUT2D eigenvalue weighted by Crippen LogP contribution is 2.28. The Labute approximate surface area is 109 Å². The van der Waals surface area contributed by atoms with E-state index in [4.69, 9.17) is 10.5 Å². The van der Waals surface area contributed by atoms with Crippen LogP contribution in [0.3, 0.4) is 0 Å². The summed E-state index contributed by atoms with van der Waals surface area (Å²) in [7, 11) is 0. The molecule has 1 saturated heterocycles. The lowest BCUT2D eigenvalue weighted by atomic mass is 9.94. The molecular weight excluding hydrogens is 224 g/mol. The maximum absolute atomic E-state index is 6.21. The molecule has 98 valence electrons. The van der Waals surface area contributed by atoms with Crippen LogP contribution in [0.15, 0.2) is 24.3 Å². The first-order valence-electron chi connectivity index (χ1n) is 7.01. The minimum atomic E-state index is 0.299. The number of nitrogens with two attached hydrogens (primary N) is 1. The molecule has 0 spiro atoms. The fourth-order valence-corrected chi connectivity index (χ4v) is 3.09. The van der Waals surface area contributed by atoms with E-state index in [1.807, 2.05) is 0 Å². The third-order valence-corrected chi connectivity index (χ3v) is 4.19. The molecule has 0 bridgehead atoms. The first kappa shape index (κ1) is 12.0. The third kappa shape index (κ3) is 2.38. The van der Waals surface area contributed by atoms with Gasteiger partial charge >= 0.3 is 0 Å². The summed E-state index contributed by atoms with van der Waals surface area (Å²) >= 11 is 0. The first-order valence-corrected chi connectivity index (χ1v) is 7.01. The van der Waals surface area contributed by atoms with Crippen LogP contribution in [0.1, 0.15) is 18.4 Å². The number of nitrogens with zero attached hydrogens (tertiary/aromatic N) is 1. The van der Waals surface area contributed by atoms with Gasteiger partial charge in [0.15, 0.2) is 0 Å². The molecule has 0 aliphatic carbocycles. The highest BCUT2D eigenvalue weighted by Gasteiger charge is 2.26. The summed E-state index contributed by atoms with van der Waals surface area (Å²) in [6, 6.07) is 9.06. The summed E-state index contributed by atoms with van der Waals surface area (Å²) in [5.41, 5.74) is 9.09. The van der Waals surface area contributed by atoms with Crippen LogP contribution in [0, 0.1) is 5.92 Å². The Morgan fingerprint density at radius 2 is 2.22 bits per heavy atom. The summed E-state index contributed by atoms with van der Waals surface area (Å²) < 4.78 is 5.58. The molecule has 1 aromatic rings. The van der Waals surface area contributed by atoms with E-state index in [1.165, 1.54) is 24.1 Å². The highest BCUT2D eigenvalue weighted by molar-refractivity contribution is 5.55. The molecule has 1 fully saturated rings. The van der Waals surface area contributed by atoms with Crippen molar-refractivity contribution in [3.05, 3.63) is 29.8 Å². The van der Waals surface area contributed by atoms with Crippen LogP contribution >= 0.6 is 0 Å². The predicted octanol–water partition coefficient (Wildman–Crippen LogP) is 1.80. The summed E-state index contributed by atoms with van der Waals surface area (Å²) in [6.45, 7) is 3.84. The van der Waals surface area contributed by atoms with Crippen molar-refractivity contribution in [3.8, 4) is 0 Å². The number of aryl methyl sites for hydroxylation is 1. The van der Waals surface area contributed by atoms with Gasteiger partial charge in [-0.1, -0.05) is 18.2 Å². The Morgan fingerprint density at radius 1 is 1.33 bits per heavy atom. The van der Waals surface area contributed by atoms with Crippen molar-refractivity contribution >= 4 is 5.69 Å². The van der Waals surface area contributed by atoms with Gasteiger partial charge in [0.2, 0.25) is 0 Å². The standard InChI is InChI=1S/C15H22N2O/c16-14-7-9-18-11-13(14)10-17-8-3-5-12-4-1-2-6-15(12)17/h1-2,4,6,13-14H,3,5,7-11,16H2. The van der Waals surface area contributed by atoms with E-state index in [2.05, 4.69) is 29.2 Å². The monoisotopic (exact) mass is 246 g/mol. The number of benzene rings is 1. The molecule has 2 aliphatic rings. The molecule has 3 rings (SSSR count). The summed E-state index contributed by atoms with van der Waals surface area (Å²) in [5.74, 6) is 0.477. The molecule has 2 atom stereocenters. The SMILES string of the molecule is NC1CCOCC1CN1CCCc2ccccc21. The molecule has 3 heteroatoms. The van der Waals surface area contributed by atoms with Gasteiger partial charge < -0.3 is 15.4 Å². The second-order valence-electron chi connectivity index (χ2n) is 5.47. The summed E-state index contributed by atoms with van der Waals surface area (Å²) in [6.07, 6.45) is 3.46. The molecule has 2 aliphatic heterocycles. The van der Waals surface area contributed by atoms with Crippen molar-refractivity contribution in [2.45, 2.75) is 25.3 Å². The molecule has 2 heterocycles. The maximum atomic E-state index is 6.21. The van der Waals surface area contributed by atoms with Gasteiger partial charge in [0.1, 0.15) is 0 Å². The summed E-state index contributed by atoms with van der Waals surface area (Å²) in [5, 5.41) is 0. The number of para-hydroxylation sites is 1. The molecular formula is C15H22N2O. The minimum Gasteiger partial charge on any atom is -0.381 e. The molecule has 2 unspecified atom stereocenters. The Balaban J connectivity index is 1.73.